The van der Waals surface area contributed by atoms with Gasteiger partial charge in [0.1, 0.15) is 12.7 Å². The summed E-state index contributed by atoms with van der Waals surface area (Å²) in [6, 6.07) is 7.85. The molecule has 0 radical (unpaired) electrons. The zero-order valence-corrected chi connectivity index (χ0v) is 14.5. The Hall–Kier alpha value is -1.77. The molecule has 0 atom stereocenters. The maximum atomic E-state index is 12.4. The molecule has 1 aliphatic rings. The number of hydrogen-bond donors (Lipinski definition) is 1. The van der Waals surface area contributed by atoms with E-state index in [9.17, 15) is 8.42 Å². The zero-order chi connectivity index (χ0) is 16.8. The van der Waals surface area contributed by atoms with Gasteiger partial charge in [0.15, 0.2) is 0 Å². The van der Waals surface area contributed by atoms with E-state index in [0.717, 1.165) is 36.8 Å². The van der Waals surface area contributed by atoms with Crippen LogP contribution >= 0.6 is 0 Å². The van der Waals surface area contributed by atoms with Crippen LogP contribution in [0.3, 0.4) is 0 Å². The van der Waals surface area contributed by atoms with Crippen LogP contribution in [0.1, 0.15) is 36.8 Å². The first-order chi connectivity index (χ1) is 11.6. The summed E-state index contributed by atoms with van der Waals surface area (Å²) in [6.07, 6.45) is 7.28. The van der Waals surface area contributed by atoms with Gasteiger partial charge < -0.3 is 0 Å². The van der Waals surface area contributed by atoms with Crippen molar-refractivity contribution in [2.75, 3.05) is 13.1 Å². The molecule has 2 heterocycles. The smallest absolute Gasteiger partial charge is 0.249 e. The molecule has 8 heteroatoms. The Morgan fingerprint density at radius 3 is 2.29 bits per heavy atom. The predicted octanol–water partition coefficient (Wildman–Crippen LogP) is 1.54. The zero-order valence-electron chi connectivity index (χ0n) is 13.6. The van der Waals surface area contributed by atoms with Crippen molar-refractivity contribution in [3.05, 3.63) is 48.0 Å². The minimum Gasteiger partial charge on any atom is -0.249 e. The van der Waals surface area contributed by atoms with Gasteiger partial charge in [-0.05, 0) is 24.0 Å². The first kappa shape index (κ1) is 17.1. The molecule has 7 nitrogen and oxygen atoms in total. The minimum atomic E-state index is -3.40. The number of nitrogens with zero attached hydrogens (tertiary/aromatic N) is 4. The number of nitrogens with one attached hydrogen (secondary N) is 1. The van der Waals surface area contributed by atoms with E-state index in [1.165, 1.54) is 6.33 Å². The van der Waals surface area contributed by atoms with Crippen molar-refractivity contribution in [1.29, 1.82) is 0 Å². The summed E-state index contributed by atoms with van der Waals surface area (Å²) in [5, 5.41) is 4.07. The van der Waals surface area contributed by atoms with Crippen molar-refractivity contribution >= 4 is 10.2 Å². The lowest BCUT2D eigenvalue weighted by Gasteiger charge is -2.20. The molecule has 0 spiro atoms. The second kappa shape index (κ2) is 7.87. The van der Waals surface area contributed by atoms with E-state index in [1.807, 2.05) is 24.3 Å². The third kappa shape index (κ3) is 4.62. The van der Waals surface area contributed by atoms with Gasteiger partial charge in [-0.2, -0.15) is 22.5 Å². The number of hydrogen-bond acceptors (Lipinski definition) is 4. The van der Waals surface area contributed by atoms with Crippen molar-refractivity contribution in [3.8, 4) is 0 Å². The summed E-state index contributed by atoms with van der Waals surface area (Å²) in [7, 11) is -3.40. The van der Waals surface area contributed by atoms with Crippen molar-refractivity contribution in [2.24, 2.45) is 0 Å². The molecule has 1 aromatic heterocycles. The Labute approximate surface area is 142 Å². The van der Waals surface area contributed by atoms with Crippen LogP contribution in [0.4, 0.5) is 0 Å². The van der Waals surface area contributed by atoms with Crippen LogP contribution < -0.4 is 4.72 Å². The van der Waals surface area contributed by atoms with E-state index in [0.29, 0.717) is 26.2 Å². The van der Waals surface area contributed by atoms with E-state index in [-0.39, 0.29) is 0 Å². The Balaban J connectivity index is 1.55. The summed E-state index contributed by atoms with van der Waals surface area (Å²) in [4.78, 5) is 3.91. The van der Waals surface area contributed by atoms with Gasteiger partial charge >= 0.3 is 0 Å². The first-order valence-electron chi connectivity index (χ1n) is 8.28. The SMILES string of the molecule is O=S(=O)(NCc1ccc(Cn2cncn2)cc1)N1CCCCCC1. The van der Waals surface area contributed by atoms with Crippen LogP contribution in [0.5, 0.6) is 0 Å². The molecule has 3 rings (SSSR count). The molecule has 1 aromatic carbocycles. The second-order valence-corrected chi connectivity index (χ2v) is 7.80. The highest BCUT2D eigenvalue weighted by Gasteiger charge is 2.22. The van der Waals surface area contributed by atoms with Crippen molar-refractivity contribution in [2.45, 2.75) is 38.8 Å². The van der Waals surface area contributed by atoms with Crippen molar-refractivity contribution in [3.63, 3.8) is 0 Å². The molecule has 0 saturated carbocycles. The Morgan fingerprint density at radius 1 is 1.00 bits per heavy atom. The van der Waals surface area contributed by atoms with Crippen LogP contribution in [-0.4, -0.2) is 40.6 Å². The normalized spacial score (nSPS) is 16.8. The third-order valence-electron chi connectivity index (χ3n) is 4.20. The maximum Gasteiger partial charge on any atom is 0.279 e. The molecule has 0 unspecified atom stereocenters. The standard InChI is InChI=1S/C16H23N5O2S/c22-24(23,21-9-3-1-2-4-10-21)19-11-15-5-7-16(8-6-15)12-20-14-17-13-18-20/h5-8,13-14,19H,1-4,9-12H2. The molecule has 0 bridgehead atoms. The lowest BCUT2D eigenvalue weighted by atomic mass is 10.1. The molecular formula is C16H23N5O2S. The Bertz CT molecular complexity index is 720. The molecule has 2 aromatic rings. The van der Waals surface area contributed by atoms with E-state index < -0.39 is 10.2 Å². The summed E-state index contributed by atoms with van der Waals surface area (Å²) < 4.78 is 30.8. The highest BCUT2D eigenvalue weighted by Crippen LogP contribution is 2.13. The Kier molecular flexibility index (Phi) is 5.60. The van der Waals surface area contributed by atoms with Gasteiger partial charge in [0.2, 0.25) is 0 Å². The molecule has 1 fully saturated rings. The monoisotopic (exact) mass is 349 g/mol. The summed E-state index contributed by atoms with van der Waals surface area (Å²) in [5.41, 5.74) is 2.04. The summed E-state index contributed by atoms with van der Waals surface area (Å²) in [5.74, 6) is 0. The molecule has 0 aliphatic carbocycles. The lowest BCUT2D eigenvalue weighted by molar-refractivity contribution is 0.414. The van der Waals surface area contributed by atoms with Gasteiger partial charge in [-0.25, -0.2) is 9.67 Å². The van der Waals surface area contributed by atoms with Gasteiger partial charge in [-0.1, -0.05) is 37.1 Å². The fourth-order valence-corrected chi connectivity index (χ4v) is 4.08. The lowest BCUT2D eigenvalue weighted by Crippen LogP contribution is -2.40. The average molecular weight is 349 g/mol. The van der Waals surface area contributed by atoms with Crippen LogP contribution in [-0.2, 0) is 23.3 Å². The van der Waals surface area contributed by atoms with Crippen LogP contribution in [0, 0.1) is 0 Å². The first-order valence-corrected chi connectivity index (χ1v) is 9.72. The summed E-state index contributed by atoms with van der Waals surface area (Å²) in [6.45, 7) is 2.20. The van der Waals surface area contributed by atoms with Crippen LogP contribution in [0.15, 0.2) is 36.9 Å². The molecule has 0 amide bonds. The van der Waals surface area contributed by atoms with Gasteiger partial charge in [0.05, 0.1) is 6.54 Å². The minimum absolute atomic E-state index is 0.308. The van der Waals surface area contributed by atoms with E-state index in [1.54, 1.807) is 15.3 Å². The quantitative estimate of drug-likeness (QED) is 0.858. The average Bonchev–Trinajstić information content (AvgIpc) is 2.93. The molecular weight excluding hydrogens is 326 g/mol. The molecule has 24 heavy (non-hydrogen) atoms. The molecule has 1 aliphatic heterocycles. The van der Waals surface area contributed by atoms with Gasteiger partial charge in [0, 0.05) is 19.6 Å². The van der Waals surface area contributed by atoms with Crippen LogP contribution in [0.25, 0.3) is 0 Å². The number of benzene rings is 1. The fourth-order valence-electron chi connectivity index (χ4n) is 2.81. The predicted molar refractivity (Wildman–Crippen MR) is 91.4 cm³/mol. The molecule has 1 saturated heterocycles. The Morgan fingerprint density at radius 2 is 1.67 bits per heavy atom. The largest absolute Gasteiger partial charge is 0.279 e. The number of aromatic nitrogens is 3. The van der Waals surface area contributed by atoms with Crippen molar-refractivity contribution < 1.29 is 8.42 Å². The molecule has 130 valence electrons. The van der Waals surface area contributed by atoms with Crippen molar-refractivity contribution in [1.82, 2.24) is 23.8 Å². The highest BCUT2D eigenvalue weighted by atomic mass is 32.2. The topological polar surface area (TPSA) is 80.1 Å². The van der Waals surface area contributed by atoms with Gasteiger partial charge in [-0.15, -0.1) is 0 Å². The van der Waals surface area contributed by atoms with Gasteiger partial charge in [-0.3, -0.25) is 0 Å². The fraction of sp³-hybridized carbons (Fsp3) is 0.500. The van der Waals surface area contributed by atoms with Crippen LogP contribution in [0.2, 0.25) is 0 Å². The van der Waals surface area contributed by atoms with E-state index in [2.05, 4.69) is 14.8 Å². The third-order valence-corrected chi connectivity index (χ3v) is 5.75. The van der Waals surface area contributed by atoms with E-state index >= 15 is 0 Å². The maximum absolute atomic E-state index is 12.4. The van der Waals surface area contributed by atoms with Gasteiger partial charge in [0.25, 0.3) is 10.2 Å². The highest BCUT2D eigenvalue weighted by molar-refractivity contribution is 7.87. The van der Waals surface area contributed by atoms with E-state index in [4.69, 9.17) is 0 Å². The summed E-state index contributed by atoms with van der Waals surface area (Å²) >= 11 is 0. The second-order valence-electron chi connectivity index (χ2n) is 6.05. The number of rotatable bonds is 6. The molecule has 1 N–H and O–H groups in total.